The Balaban J connectivity index is 2.57. The highest BCUT2D eigenvalue weighted by Crippen LogP contribution is 2.10. The second-order valence-corrected chi connectivity index (χ2v) is 3.28. The van der Waals surface area contributed by atoms with Gasteiger partial charge in [-0.05, 0) is 26.1 Å². The Labute approximate surface area is 87.1 Å². The van der Waals surface area contributed by atoms with Crippen LogP contribution in [0.3, 0.4) is 0 Å². The number of hydrogen-bond acceptors (Lipinski definition) is 4. The Bertz CT molecular complexity index is 503. The summed E-state index contributed by atoms with van der Waals surface area (Å²) < 4.78 is 1.67. The van der Waals surface area contributed by atoms with Gasteiger partial charge in [-0.2, -0.15) is 5.10 Å². The standard InChI is InChI=1S/C10H12N4O/c1-7-13-10(9(15)6-11-2)8-4-3-5-12-14(7)8/h3-5,11H,6H2,1-2H3. The van der Waals surface area contributed by atoms with E-state index in [2.05, 4.69) is 15.4 Å². The van der Waals surface area contributed by atoms with Gasteiger partial charge in [0.05, 0.1) is 12.1 Å². The predicted molar refractivity (Wildman–Crippen MR) is 56.0 cm³/mol. The van der Waals surface area contributed by atoms with E-state index in [1.807, 2.05) is 13.0 Å². The molecule has 2 aromatic heterocycles. The summed E-state index contributed by atoms with van der Waals surface area (Å²) in [4.78, 5) is 15.9. The van der Waals surface area contributed by atoms with Crippen LogP contribution in [-0.2, 0) is 0 Å². The van der Waals surface area contributed by atoms with Crippen molar-refractivity contribution in [3.8, 4) is 0 Å². The molecule has 78 valence electrons. The summed E-state index contributed by atoms with van der Waals surface area (Å²) in [5.41, 5.74) is 1.24. The molecule has 5 heteroatoms. The van der Waals surface area contributed by atoms with Gasteiger partial charge in [0.25, 0.3) is 0 Å². The normalized spacial score (nSPS) is 10.8. The quantitative estimate of drug-likeness (QED) is 0.737. The third-order valence-electron chi connectivity index (χ3n) is 2.17. The summed E-state index contributed by atoms with van der Waals surface area (Å²) in [6, 6.07) is 3.64. The molecular formula is C10H12N4O. The number of nitrogens with zero attached hydrogens (tertiary/aromatic N) is 3. The maximum absolute atomic E-state index is 11.7. The Morgan fingerprint density at radius 3 is 3.13 bits per heavy atom. The van der Waals surface area contributed by atoms with E-state index in [4.69, 9.17) is 0 Å². The minimum atomic E-state index is -0.0175. The van der Waals surface area contributed by atoms with Gasteiger partial charge in [-0.3, -0.25) is 4.79 Å². The fourth-order valence-corrected chi connectivity index (χ4v) is 1.53. The van der Waals surface area contributed by atoms with Crippen molar-refractivity contribution in [1.82, 2.24) is 19.9 Å². The van der Waals surface area contributed by atoms with Crippen molar-refractivity contribution in [3.63, 3.8) is 0 Å². The van der Waals surface area contributed by atoms with Gasteiger partial charge in [-0.25, -0.2) is 9.50 Å². The molecule has 2 heterocycles. The van der Waals surface area contributed by atoms with Gasteiger partial charge >= 0.3 is 0 Å². The largest absolute Gasteiger partial charge is 0.313 e. The Morgan fingerprint density at radius 2 is 2.40 bits per heavy atom. The van der Waals surface area contributed by atoms with Crippen molar-refractivity contribution in [2.45, 2.75) is 6.92 Å². The molecule has 0 aliphatic rings. The van der Waals surface area contributed by atoms with E-state index in [0.29, 0.717) is 12.2 Å². The molecule has 0 atom stereocenters. The topological polar surface area (TPSA) is 59.3 Å². The fraction of sp³-hybridized carbons (Fsp3) is 0.300. The zero-order valence-corrected chi connectivity index (χ0v) is 8.69. The van der Waals surface area contributed by atoms with Crippen LogP contribution in [0.4, 0.5) is 0 Å². The SMILES string of the molecule is CNCC(=O)c1nc(C)n2ncccc12. The van der Waals surface area contributed by atoms with Gasteiger partial charge in [0.2, 0.25) is 0 Å². The molecule has 0 aliphatic carbocycles. The number of rotatable bonds is 3. The van der Waals surface area contributed by atoms with Crippen molar-refractivity contribution < 1.29 is 4.79 Å². The van der Waals surface area contributed by atoms with Crippen LogP contribution in [0.15, 0.2) is 18.3 Å². The van der Waals surface area contributed by atoms with E-state index >= 15 is 0 Å². The first-order chi connectivity index (χ1) is 7.24. The second-order valence-electron chi connectivity index (χ2n) is 3.28. The Kier molecular flexibility index (Phi) is 2.47. The average Bonchev–Trinajstić information content (AvgIpc) is 2.58. The summed E-state index contributed by atoms with van der Waals surface area (Å²) in [5, 5.41) is 6.95. The Morgan fingerprint density at radius 1 is 1.60 bits per heavy atom. The van der Waals surface area contributed by atoms with Gasteiger partial charge in [0.1, 0.15) is 11.5 Å². The van der Waals surface area contributed by atoms with E-state index in [9.17, 15) is 4.79 Å². The van der Waals surface area contributed by atoms with Crippen molar-refractivity contribution >= 4 is 11.3 Å². The van der Waals surface area contributed by atoms with Gasteiger partial charge in [0, 0.05) is 6.20 Å². The van der Waals surface area contributed by atoms with Gasteiger partial charge in [-0.1, -0.05) is 0 Å². The lowest BCUT2D eigenvalue weighted by molar-refractivity contribution is 0.0991. The Hall–Kier alpha value is -1.75. The molecule has 0 bridgehead atoms. The van der Waals surface area contributed by atoms with Crippen LogP contribution in [0.5, 0.6) is 0 Å². The third kappa shape index (κ3) is 1.61. The lowest BCUT2D eigenvalue weighted by Crippen LogP contribution is -2.19. The molecule has 0 fully saturated rings. The van der Waals surface area contributed by atoms with Gasteiger partial charge < -0.3 is 5.32 Å². The van der Waals surface area contributed by atoms with Crippen LogP contribution in [0.25, 0.3) is 5.52 Å². The monoisotopic (exact) mass is 204 g/mol. The zero-order chi connectivity index (χ0) is 10.8. The van der Waals surface area contributed by atoms with Crippen LogP contribution in [0, 0.1) is 6.92 Å². The third-order valence-corrected chi connectivity index (χ3v) is 2.17. The van der Waals surface area contributed by atoms with Crippen LogP contribution in [0.2, 0.25) is 0 Å². The van der Waals surface area contributed by atoms with Crippen molar-refractivity contribution in [2.24, 2.45) is 0 Å². The molecule has 0 spiro atoms. The minimum absolute atomic E-state index is 0.0175. The molecule has 0 aliphatic heterocycles. The maximum Gasteiger partial charge on any atom is 0.197 e. The van der Waals surface area contributed by atoms with E-state index in [1.165, 1.54) is 0 Å². The molecule has 2 rings (SSSR count). The number of likely N-dealkylation sites (N-methyl/N-ethyl adjacent to an activating group) is 1. The van der Waals surface area contributed by atoms with Crippen molar-refractivity contribution in [3.05, 3.63) is 29.8 Å². The molecule has 0 amide bonds. The number of nitrogens with one attached hydrogen (secondary N) is 1. The van der Waals surface area contributed by atoms with E-state index in [0.717, 1.165) is 11.3 Å². The fourth-order valence-electron chi connectivity index (χ4n) is 1.53. The van der Waals surface area contributed by atoms with Crippen LogP contribution in [-0.4, -0.2) is 34.0 Å². The number of imidazole rings is 1. The summed E-state index contributed by atoms with van der Waals surface area (Å²) in [7, 11) is 1.74. The smallest absolute Gasteiger partial charge is 0.197 e. The minimum Gasteiger partial charge on any atom is -0.313 e. The van der Waals surface area contributed by atoms with E-state index in [1.54, 1.807) is 23.8 Å². The molecule has 0 aromatic carbocycles. The van der Waals surface area contributed by atoms with Crippen LogP contribution < -0.4 is 5.32 Å². The lowest BCUT2D eigenvalue weighted by Gasteiger charge is -1.96. The highest BCUT2D eigenvalue weighted by atomic mass is 16.1. The molecule has 15 heavy (non-hydrogen) atoms. The molecule has 5 nitrogen and oxygen atoms in total. The highest BCUT2D eigenvalue weighted by molar-refractivity contribution is 6.01. The summed E-state index contributed by atoms with van der Waals surface area (Å²) >= 11 is 0. The number of fused-ring (bicyclic) bond motifs is 1. The molecule has 0 radical (unpaired) electrons. The number of hydrogen-bond donors (Lipinski definition) is 1. The first kappa shape index (κ1) is 9.79. The first-order valence-corrected chi connectivity index (χ1v) is 4.72. The molecule has 1 N–H and O–H groups in total. The van der Waals surface area contributed by atoms with E-state index < -0.39 is 0 Å². The number of aromatic nitrogens is 3. The zero-order valence-electron chi connectivity index (χ0n) is 8.69. The summed E-state index contributed by atoms with van der Waals surface area (Å²) in [6.45, 7) is 2.12. The number of carbonyl (C=O) groups excluding carboxylic acids is 1. The predicted octanol–water partition coefficient (Wildman–Crippen LogP) is 0.440. The van der Waals surface area contributed by atoms with Crippen LogP contribution >= 0.6 is 0 Å². The lowest BCUT2D eigenvalue weighted by atomic mass is 10.2. The number of ketones is 1. The van der Waals surface area contributed by atoms with Crippen LogP contribution in [0.1, 0.15) is 16.3 Å². The average molecular weight is 204 g/mol. The highest BCUT2D eigenvalue weighted by Gasteiger charge is 2.14. The number of carbonyl (C=O) groups is 1. The van der Waals surface area contributed by atoms with Crippen molar-refractivity contribution in [2.75, 3.05) is 13.6 Å². The number of Topliss-reactive ketones (excluding diaryl/α,β-unsaturated/α-hetero) is 1. The number of aryl methyl sites for hydroxylation is 1. The molecule has 2 aromatic rings. The maximum atomic E-state index is 11.7. The summed E-state index contributed by atoms with van der Waals surface area (Å²) in [5.74, 6) is 0.709. The molecule has 0 saturated carbocycles. The molecule has 0 unspecified atom stereocenters. The second kappa shape index (κ2) is 3.78. The molecular weight excluding hydrogens is 192 g/mol. The van der Waals surface area contributed by atoms with Gasteiger partial charge in [-0.15, -0.1) is 0 Å². The van der Waals surface area contributed by atoms with Gasteiger partial charge in [0.15, 0.2) is 5.78 Å². The summed E-state index contributed by atoms with van der Waals surface area (Å²) in [6.07, 6.45) is 1.67. The first-order valence-electron chi connectivity index (χ1n) is 4.72. The van der Waals surface area contributed by atoms with E-state index in [-0.39, 0.29) is 5.78 Å². The van der Waals surface area contributed by atoms with Crippen molar-refractivity contribution in [1.29, 1.82) is 0 Å². The molecule has 0 saturated heterocycles.